The van der Waals surface area contributed by atoms with Gasteiger partial charge in [-0.3, -0.25) is 0 Å². The van der Waals surface area contributed by atoms with Crippen LogP contribution in [0.2, 0.25) is 0 Å². The zero-order valence-electron chi connectivity index (χ0n) is 15.5. The van der Waals surface area contributed by atoms with Crippen LogP contribution < -0.4 is 0 Å². The first-order valence-corrected chi connectivity index (χ1v) is 9.30. The smallest absolute Gasteiger partial charge is 0.0159 e. The highest BCUT2D eigenvalue weighted by molar-refractivity contribution is 6.08. The minimum absolute atomic E-state index is 0.0232. The van der Waals surface area contributed by atoms with E-state index in [4.69, 9.17) is 0 Å². The van der Waals surface area contributed by atoms with Crippen molar-refractivity contribution >= 4 is 10.8 Å². The summed E-state index contributed by atoms with van der Waals surface area (Å²) in [6, 6.07) is 29.1. The average molecular weight is 334 g/mol. The molecule has 0 saturated carbocycles. The number of hydrogen-bond donors (Lipinski definition) is 0. The number of hydrogen-bond acceptors (Lipinski definition) is 0. The summed E-state index contributed by atoms with van der Waals surface area (Å²) >= 11 is 0. The van der Waals surface area contributed by atoms with Crippen molar-refractivity contribution in [1.82, 2.24) is 0 Å². The van der Waals surface area contributed by atoms with E-state index < -0.39 is 0 Å². The summed E-state index contributed by atoms with van der Waals surface area (Å²) in [6.07, 6.45) is 0. The van der Waals surface area contributed by atoms with E-state index in [1.165, 1.54) is 49.7 Å². The molecule has 1 aliphatic rings. The molecule has 0 spiro atoms. The molecule has 4 aromatic carbocycles. The van der Waals surface area contributed by atoms with Gasteiger partial charge in [0.25, 0.3) is 0 Å². The van der Waals surface area contributed by atoms with Gasteiger partial charge in [-0.2, -0.15) is 0 Å². The lowest BCUT2D eigenvalue weighted by Crippen LogP contribution is -2.15. The van der Waals surface area contributed by atoms with Crippen LogP contribution in [0.15, 0.2) is 78.9 Å². The molecule has 0 bridgehead atoms. The van der Waals surface area contributed by atoms with Crippen molar-refractivity contribution in [1.29, 1.82) is 0 Å². The van der Waals surface area contributed by atoms with Crippen molar-refractivity contribution in [3.05, 3.63) is 95.6 Å². The standard InChI is InChI=1S/C26H22/c1-17-12-14-18(15-13-17)22-16-24-25(20-9-5-4-8-19(20)22)21-10-6-7-11-23(21)26(24,2)3/h4-16H,1-3H3. The van der Waals surface area contributed by atoms with E-state index in [2.05, 4.69) is 99.6 Å². The molecule has 0 amide bonds. The van der Waals surface area contributed by atoms with Gasteiger partial charge < -0.3 is 0 Å². The summed E-state index contributed by atoms with van der Waals surface area (Å²) in [4.78, 5) is 0. The predicted molar refractivity (Wildman–Crippen MR) is 112 cm³/mol. The third-order valence-corrected chi connectivity index (χ3v) is 5.95. The Morgan fingerprint density at radius 1 is 0.615 bits per heavy atom. The molecule has 0 atom stereocenters. The number of aryl methyl sites for hydroxylation is 1. The summed E-state index contributed by atoms with van der Waals surface area (Å²) < 4.78 is 0. The quantitative estimate of drug-likeness (QED) is 0.347. The topological polar surface area (TPSA) is 0 Å². The fourth-order valence-corrected chi connectivity index (χ4v) is 4.52. The van der Waals surface area contributed by atoms with Crippen LogP contribution in [0.1, 0.15) is 30.5 Å². The number of benzene rings is 4. The Kier molecular flexibility index (Phi) is 3.15. The molecule has 26 heavy (non-hydrogen) atoms. The Morgan fingerprint density at radius 3 is 2.04 bits per heavy atom. The van der Waals surface area contributed by atoms with Crippen LogP contribution in [-0.4, -0.2) is 0 Å². The molecule has 0 heterocycles. The van der Waals surface area contributed by atoms with Gasteiger partial charge in [-0.25, -0.2) is 0 Å². The summed E-state index contributed by atoms with van der Waals surface area (Å²) in [7, 11) is 0. The van der Waals surface area contributed by atoms with Crippen LogP contribution in [0.3, 0.4) is 0 Å². The van der Waals surface area contributed by atoms with Gasteiger partial charge in [-0.1, -0.05) is 92.2 Å². The molecule has 0 unspecified atom stereocenters. The average Bonchev–Trinajstić information content (AvgIpc) is 2.90. The van der Waals surface area contributed by atoms with E-state index in [0.717, 1.165) is 0 Å². The lowest BCUT2D eigenvalue weighted by molar-refractivity contribution is 0.661. The molecule has 0 aliphatic heterocycles. The first kappa shape index (κ1) is 15.4. The van der Waals surface area contributed by atoms with E-state index >= 15 is 0 Å². The molecular weight excluding hydrogens is 312 g/mol. The van der Waals surface area contributed by atoms with Crippen LogP contribution in [0.5, 0.6) is 0 Å². The van der Waals surface area contributed by atoms with Gasteiger partial charge in [0.05, 0.1) is 0 Å². The third-order valence-electron chi connectivity index (χ3n) is 5.95. The molecule has 0 N–H and O–H groups in total. The zero-order chi connectivity index (χ0) is 17.9. The maximum absolute atomic E-state index is 2.43. The highest BCUT2D eigenvalue weighted by Gasteiger charge is 2.36. The second kappa shape index (κ2) is 5.32. The van der Waals surface area contributed by atoms with Crippen molar-refractivity contribution < 1.29 is 0 Å². The second-order valence-corrected chi connectivity index (χ2v) is 7.93. The lowest BCUT2D eigenvalue weighted by atomic mass is 9.80. The van der Waals surface area contributed by atoms with Gasteiger partial charge in [0.15, 0.2) is 0 Å². The minimum atomic E-state index is 0.0232. The highest BCUT2D eigenvalue weighted by Crippen LogP contribution is 2.52. The third kappa shape index (κ3) is 2.02. The lowest BCUT2D eigenvalue weighted by Gasteiger charge is -2.23. The second-order valence-electron chi connectivity index (χ2n) is 7.93. The molecule has 126 valence electrons. The van der Waals surface area contributed by atoms with E-state index in [0.29, 0.717) is 0 Å². The predicted octanol–water partition coefficient (Wildman–Crippen LogP) is 7.12. The van der Waals surface area contributed by atoms with Crippen LogP contribution in [-0.2, 0) is 5.41 Å². The van der Waals surface area contributed by atoms with Crippen molar-refractivity contribution in [2.45, 2.75) is 26.2 Å². The fourth-order valence-electron chi connectivity index (χ4n) is 4.52. The minimum Gasteiger partial charge on any atom is -0.0619 e. The van der Waals surface area contributed by atoms with Crippen molar-refractivity contribution in [3.63, 3.8) is 0 Å². The number of fused-ring (bicyclic) bond motifs is 5. The van der Waals surface area contributed by atoms with Crippen molar-refractivity contribution in [3.8, 4) is 22.3 Å². The largest absolute Gasteiger partial charge is 0.0619 e. The summed E-state index contributed by atoms with van der Waals surface area (Å²) in [5.41, 5.74) is 9.62. The molecule has 1 aliphatic carbocycles. The van der Waals surface area contributed by atoms with E-state index in [1.54, 1.807) is 0 Å². The van der Waals surface area contributed by atoms with Crippen LogP contribution in [0.4, 0.5) is 0 Å². The molecule has 0 fully saturated rings. The molecule has 4 aromatic rings. The molecule has 0 saturated heterocycles. The van der Waals surface area contributed by atoms with Gasteiger partial charge in [-0.05, 0) is 57.1 Å². The molecule has 0 heteroatoms. The first-order chi connectivity index (χ1) is 12.6. The van der Waals surface area contributed by atoms with Crippen molar-refractivity contribution in [2.75, 3.05) is 0 Å². The fraction of sp³-hybridized carbons (Fsp3) is 0.154. The Labute approximate surface area is 155 Å². The SMILES string of the molecule is Cc1ccc(-c2cc3c(c4ccccc24)-c2ccccc2C3(C)C)cc1. The normalized spacial score (nSPS) is 14.3. The Hall–Kier alpha value is -2.86. The Morgan fingerprint density at radius 2 is 1.27 bits per heavy atom. The monoisotopic (exact) mass is 334 g/mol. The summed E-state index contributed by atoms with van der Waals surface area (Å²) in [5, 5.41) is 2.70. The van der Waals surface area contributed by atoms with Crippen molar-refractivity contribution in [2.24, 2.45) is 0 Å². The number of rotatable bonds is 1. The molecule has 0 radical (unpaired) electrons. The van der Waals surface area contributed by atoms with E-state index in [9.17, 15) is 0 Å². The van der Waals surface area contributed by atoms with Gasteiger partial charge in [0.1, 0.15) is 0 Å². The Balaban J connectivity index is 1.92. The molecule has 5 rings (SSSR count). The molecule has 0 aromatic heterocycles. The molecular formula is C26H22. The van der Waals surface area contributed by atoms with Gasteiger partial charge >= 0.3 is 0 Å². The zero-order valence-corrected chi connectivity index (χ0v) is 15.5. The summed E-state index contributed by atoms with van der Waals surface area (Å²) in [5.74, 6) is 0. The van der Waals surface area contributed by atoms with Gasteiger partial charge in [-0.15, -0.1) is 0 Å². The van der Waals surface area contributed by atoms with E-state index in [-0.39, 0.29) is 5.41 Å². The molecule has 0 nitrogen and oxygen atoms in total. The first-order valence-electron chi connectivity index (χ1n) is 9.30. The maximum Gasteiger partial charge on any atom is 0.0159 e. The Bertz CT molecular complexity index is 1140. The van der Waals surface area contributed by atoms with Crippen LogP contribution >= 0.6 is 0 Å². The van der Waals surface area contributed by atoms with Gasteiger partial charge in [0, 0.05) is 5.41 Å². The van der Waals surface area contributed by atoms with Gasteiger partial charge in [0.2, 0.25) is 0 Å². The highest BCUT2D eigenvalue weighted by atomic mass is 14.4. The van der Waals surface area contributed by atoms with Crippen LogP contribution in [0, 0.1) is 6.92 Å². The van der Waals surface area contributed by atoms with E-state index in [1.807, 2.05) is 0 Å². The summed E-state index contributed by atoms with van der Waals surface area (Å²) in [6.45, 7) is 6.85. The van der Waals surface area contributed by atoms with Crippen LogP contribution in [0.25, 0.3) is 33.0 Å². The maximum atomic E-state index is 2.43.